The average Bonchev–Trinajstić information content (AvgIpc) is 3.23. The number of aryl methyl sites for hydroxylation is 1. The molecular weight excluding hydrogens is 406 g/mol. The fourth-order valence-corrected chi connectivity index (χ4v) is 3.31. The Morgan fingerprint density at radius 3 is 2.66 bits per heavy atom. The van der Waals surface area contributed by atoms with E-state index in [0.717, 1.165) is 11.3 Å². The highest BCUT2D eigenvalue weighted by molar-refractivity contribution is 5.92. The maximum absolute atomic E-state index is 12.6. The van der Waals surface area contributed by atoms with Crippen LogP contribution in [0.4, 0.5) is 5.69 Å². The molecule has 10 nitrogen and oxygen atoms in total. The molecule has 0 saturated carbocycles. The number of nitrogens with one attached hydrogen (secondary N) is 1. The van der Waals surface area contributed by atoms with Gasteiger partial charge in [-0.05, 0) is 31.2 Å². The Morgan fingerprint density at radius 1 is 0.938 bits per heavy atom. The van der Waals surface area contributed by atoms with E-state index in [1.807, 2.05) is 19.1 Å². The number of rotatable bonds is 5. The van der Waals surface area contributed by atoms with Crippen molar-refractivity contribution in [1.29, 1.82) is 0 Å². The van der Waals surface area contributed by atoms with Gasteiger partial charge in [-0.15, -0.1) is 0 Å². The van der Waals surface area contributed by atoms with Crippen LogP contribution in [-0.4, -0.2) is 45.4 Å². The molecule has 5 heterocycles. The quantitative estimate of drug-likeness (QED) is 0.457. The van der Waals surface area contributed by atoms with Gasteiger partial charge in [-0.3, -0.25) is 24.7 Å². The normalized spacial score (nSPS) is 10.9. The third kappa shape index (κ3) is 3.88. The molecule has 0 spiro atoms. The lowest BCUT2D eigenvalue weighted by Gasteiger charge is -2.07. The van der Waals surface area contributed by atoms with Crippen molar-refractivity contribution in [1.82, 2.24) is 39.5 Å². The van der Waals surface area contributed by atoms with Gasteiger partial charge in [-0.25, -0.2) is 15.0 Å². The first-order chi connectivity index (χ1) is 15.7. The highest BCUT2D eigenvalue weighted by Crippen LogP contribution is 2.24. The van der Waals surface area contributed by atoms with Crippen LogP contribution in [0.15, 0.2) is 67.9 Å². The zero-order valence-electron chi connectivity index (χ0n) is 17.0. The number of nitrogens with zero attached hydrogens (tertiary/aromatic N) is 8. The minimum atomic E-state index is -0.224. The van der Waals surface area contributed by atoms with Gasteiger partial charge in [0.1, 0.15) is 29.8 Å². The number of carbonyl (C=O) groups excluding carboxylic acids is 1. The molecule has 1 N–H and O–H groups in total. The molecule has 5 aromatic heterocycles. The minimum absolute atomic E-state index is 0.0498. The topological polar surface area (TPSA) is 124 Å². The van der Waals surface area contributed by atoms with E-state index in [2.05, 4.69) is 40.2 Å². The third-order valence-electron chi connectivity index (χ3n) is 4.76. The molecule has 0 saturated heterocycles. The Morgan fingerprint density at radius 2 is 1.88 bits per heavy atom. The first-order valence-corrected chi connectivity index (χ1v) is 9.78. The number of pyridine rings is 2. The largest absolute Gasteiger partial charge is 0.323 e. The maximum Gasteiger partial charge on any atom is 0.244 e. The number of anilines is 1. The molecule has 0 atom stereocenters. The van der Waals surface area contributed by atoms with Gasteiger partial charge in [-0.2, -0.15) is 0 Å². The predicted octanol–water partition coefficient (Wildman–Crippen LogP) is 2.69. The van der Waals surface area contributed by atoms with E-state index in [1.165, 1.54) is 6.33 Å². The molecular formula is C22H17N9O. The van der Waals surface area contributed by atoms with E-state index in [9.17, 15) is 4.79 Å². The second kappa shape index (κ2) is 8.26. The maximum atomic E-state index is 12.6. The minimum Gasteiger partial charge on any atom is -0.323 e. The van der Waals surface area contributed by atoms with Gasteiger partial charge in [0.2, 0.25) is 5.91 Å². The number of imidazole rings is 1. The molecule has 0 aliphatic carbocycles. The number of hydrogen-bond donors (Lipinski definition) is 1. The Hall–Kier alpha value is -4.60. The second-order valence-electron chi connectivity index (χ2n) is 7.02. The Bertz CT molecular complexity index is 1400. The lowest BCUT2D eigenvalue weighted by molar-refractivity contribution is -0.116. The fourth-order valence-electron chi connectivity index (χ4n) is 3.31. The second-order valence-corrected chi connectivity index (χ2v) is 7.02. The summed E-state index contributed by atoms with van der Waals surface area (Å²) in [5.41, 5.74) is 5.60. The number of amides is 1. The molecule has 1 amide bonds. The third-order valence-corrected chi connectivity index (χ3v) is 4.76. The summed E-state index contributed by atoms with van der Waals surface area (Å²) in [6.45, 7) is 1.97. The molecule has 5 rings (SSSR count). The van der Waals surface area contributed by atoms with Crippen molar-refractivity contribution >= 4 is 22.8 Å². The number of hydrogen-bond acceptors (Lipinski definition) is 8. The molecule has 0 aromatic carbocycles. The van der Waals surface area contributed by atoms with Crippen molar-refractivity contribution in [3.05, 3.63) is 73.6 Å². The first-order valence-electron chi connectivity index (χ1n) is 9.78. The van der Waals surface area contributed by atoms with Crippen LogP contribution in [-0.2, 0) is 11.3 Å². The summed E-state index contributed by atoms with van der Waals surface area (Å²) in [5.74, 6) is -0.224. The van der Waals surface area contributed by atoms with Gasteiger partial charge >= 0.3 is 0 Å². The van der Waals surface area contributed by atoms with Gasteiger partial charge in [-0.1, -0.05) is 0 Å². The van der Waals surface area contributed by atoms with E-state index < -0.39 is 0 Å². The molecule has 0 aliphatic heterocycles. The van der Waals surface area contributed by atoms with Crippen LogP contribution in [0.25, 0.3) is 33.8 Å². The summed E-state index contributed by atoms with van der Waals surface area (Å²) in [5, 5.41) is 2.84. The van der Waals surface area contributed by atoms with E-state index in [4.69, 9.17) is 0 Å². The van der Waals surface area contributed by atoms with Gasteiger partial charge < -0.3 is 9.88 Å². The average molecular weight is 423 g/mol. The molecule has 0 fully saturated rings. The van der Waals surface area contributed by atoms with Gasteiger partial charge in [0.05, 0.1) is 30.1 Å². The summed E-state index contributed by atoms with van der Waals surface area (Å²) in [6, 6.07) is 7.36. The summed E-state index contributed by atoms with van der Waals surface area (Å²) in [4.78, 5) is 42.6. The highest BCUT2D eigenvalue weighted by atomic mass is 16.1. The highest BCUT2D eigenvalue weighted by Gasteiger charge is 2.14. The van der Waals surface area contributed by atoms with Crippen molar-refractivity contribution in [2.75, 3.05) is 5.32 Å². The molecule has 5 aromatic rings. The monoisotopic (exact) mass is 423 g/mol. The molecule has 156 valence electrons. The van der Waals surface area contributed by atoms with Crippen molar-refractivity contribution in [3.8, 4) is 22.6 Å². The molecule has 0 radical (unpaired) electrons. The summed E-state index contributed by atoms with van der Waals surface area (Å²) in [6.07, 6.45) is 11.2. The molecule has 10 heteroatoms. The van der Waals surface area contributed by atoms with Crippen LogP contribution < -0.4 is 5.32 Å². The van der Waals surface area contributed by atoms with Gasteiger partial charge in [0, 0.05) is 29.8 Å². The lowest BCUT2D eigenvalue weighted by atomic mass is 10.1. The SMILES string of the molecule is Cc1cc(-c2ncnc3c2ncn3CC(=O)Nc2ccc(-c3cnccn3)nc2)ccn1. The van der Waals surface area contributed by atoms with Crippen LogP contribution in [0.2, 0.25) is 0 Å². The zero-order valence-corrected chi connectivity index (χ0v) is 17.0. The van der Waals surface area contributed by atoms with Crippen LogP contribution in [0, 0.1) is 6.92 Å². The Kier molecular flexibility index (Phi) is 5.00. The molecule has 32 heavy (non-hydrogen) atoms. The summed E-state index contributed by atoms with van der Waals surface area (Å²) >= 11 is 0. The Balaban J connectivity index is 1.34. The molecule has 0 aliphatic rings. The van der Waals surface area contributed by atoms with E-state index in [1.54, 1.807) is 54.0 Å². The molecule has 0 bridgehead atoms. The van der Waals surface area contributed by atoms with Crippen molar-refractivity contribution < 1.29 is 4.79 Å². The molecule has 0 unspecified atom stereocenters. The number of fused-ring (bicyclic) bond motifs is 1. The van der Waals surface area contributed by atoms with E-state index in [0.29, 0.717) is 33.9 Å². The van der Waals surface area contributed by atoms with Crippen molar-refractivity contribution in [3.63, 3.8) is 0 Å². The predicted molar refractivity (Wildman–Crippen MR) is 117 cm³/mol. The van der Waals surface area contributed by atoms with Crippen LogP contribution in [0.3, 0.4) is 0 Å². The lowest BCUT2D eigenvalue weighted by Crippen LogP contribution is -2.18. The standard InChI is InChI=1S/C22H17N9O/c1-14-8-15(4-5-24-14)20-21-22(28-12-27-20)31(13-29-21)11-19(32)30-16-2-3-17(26-9-16)18-10-23-6-7-25-18/h2-10,12-13H,11H2,1H3,(H,30,32). The fraction of sp³-hybridized carbons (Fsp3) is 0.0909. The summed E-state index contributed by atoms with van der Waals surface area (Å²) in [7, 11) is 0. The Labute approximate surface area is 182 Å². The summed E-state index contributed by atoms with van der Waals surface area (Å²) < 4.78 is 1.69. The smallest absolute Gasteiger partial charge is 0.244 e. The zero-order chi connectivity index (χ0) is 21.9. The van der Waals surface area contributed by atoms with Gasteiger partial charge in [0.25, 0.3) is 0 Å². The number of carbonyl (C=O) groups is 1. The van der Waals surface area contributed by atoms with Gasteiger partial charge in [0.15, 0.2) is 5.65 Å². The van der Waals surface area contributed by atoms with E-state index >= 15 is 0 Å². The van der Waals surface area contributed by atoms with E-state index in [-0.39, 0.29) is 12.5 Å². The van der Waals surface area contributed by atoms with Crippen molar-refractivity contribution in [2.24, 2.45) is 0 Å². The van der Waals surface area contributed by atoms with Crippen molar-refractivity contribution in [2.45, 2.75) is 13.5 Å². The first kappa shape index (κ1) is 19.4. The van der Waals surface area contributed by atoms with Crippen LogP contribution in [0.1, 0.15) is 5.69 Å². The van der Waals surface area contributed by atoms with Crippen LogP contribution in [0.5, 0.6) is 0 Å². The number of aromatic nitrogens is 8. The van der Waals surface area contributed by atoms with Crippen LogP contribution >= 0.6 is 0 Å².